The zero-order valence-electron chi connectivity index (χ0n) is 7.13. The minimum Gasteiger partial charge on any atom is -0.508 e. The lowest BCUT2D eigenvalue weighted by atomic mass is 10.0. The van der Waals surface area contributed by atoms with Crippen LogP contribution in [0.4, 0.5) is 0 Å². The average Bonchev–Trinajstić information content (AvgIpc) is 2.02. The molecule has 66 valence electrons. The summed E-state index contributed by atoms with van der Waals surface area (Å²) in [6, 6.07) is 1.14. The molecular weight excluding hydrogens is 156 g/mol. The molecule has 0 aliphatic rings. The summed E-state index contributed by atoms with van der Waals surface area (Å²) in [4.78, 5) is 0. The maximum atomic E-state index is 9.34. The lowest BCUT2D eigenvalue weighted by Crippen LogP contribution is -1.88. The molecule has 12 heavy (non-hydrogen) atoms. The SMILES string of the molecule is CCc1c(C)c(O)cc(O)c1O. The van der Waals surface area contributed by atoms with Crippen molar-refractivity contribution in [2.24, 2.45) is 0 Å². The number of phenolic OH excluding ortho intramolecular Hbond substituents is 3. The van der Waals surface area contributed by atoms with E-state index in [1.165, 1.54) is 0 Å². The van der Waals surface area contributed by atoms with Crippen LogP contribution in [0.25, 0.3) is 0 Å². The van der Waals surface area contributed by atoms with Crippen LogP contribution in [0.3, 0.4) is 0 Å². The number of benzene rings is 1. The third-order valence-electron chi connectivity index (χ3n) is 1.99. The van der Waals surface area contributed by atoms with E-state index in [1.807, 2.05) is 6.92 Å². The van der Waals surface area contributed by atoms with Gasteiger partial charge in [-0.2, -0.15) is 0 Å². The molecule has 3 N–H and O–H groups in total. The van der Waals surface area contributed by atoms with E-state index in [1.54, 1.807) is 6.92 Å². The van der Waals surface area contributed by atoms with E-state index < -0.39 is 0 Å². The molecular formula is C9H12O3. The second kappa shape index (κ2) is 2.93. The molecule has 0 saturated carbocycles. The summed E-state index contributed by atoms with van der Waals surface area (Å²) >= 11 is 0. The van der Waals surface area contributed by atoms with E-state index in [0.29, 0.717) is 17.5 Å². The standard InChI is InChI=1S/C9H12O3/c1-3-6-5(2)7(10)4-8(11)9(6)12/h4,10-12H,3H2,1-2H3. The van der Waals surface area contributed by atoms with Crippen LogP contribution in [0.15, 0.2) is 6.07 Å². The normalized spacial score (nSPS) is 10.2. The minimum atomic E-state index is -0.269. The first-order valence-electron chi connectivity index (χ1n) is 3.81. The Labute approximate surface area is 70.9 Å². The maximum absolute atomic E-state index is 9.34. The number of rotatable bonds is 1. The highest BCUT2D eigenvalue weighted by atomic mass is 16.3. The summed E-state index contributed by atoms with van der Waals surface area (Å²) in [7, 11) is 0. The summed E-state index contributed by atoms with van der Waals surface area (Å²) in [5.74, 6) is -0.384. The predicted molar refractivity (Wildman–Crippen MR) is 45.6 cm³/mol. The molecule has 0 saturated heterocycles. The zero-order chi connectivity index (χ0) is 9.30. The van der Waals surface area contributed by atoms with Crippen LogP contribution < -0.4 is 0 Å². The molecule has 3 heteroatoms. The maximum Gasteiger partial charge on any atom is 0.161 e. The third kappa shape index (κ3) is 1.18. The fraction of sp³-hybridized carbons (Fsp3) is 0.333. The van der Waals surface area contributed by atoms with Gasteiger partial charge in [0.25, 0.3) is 0 Å². The Bertz CT molecular complexity index is 279. The Morgan fingerprint density at radius 1 is 1.17 bits per heavy atom. The number of hydrogen-bond acceptors (Lipinski definition) is 3. The van der Waals surface area contributed by atoms with E-state index in [-0.39, 0.29) is 17.2 Å². The van der Waals surface area contributed by atoms with Crippen LogP contribution in [0.2, 0.25) is 0 Å². The van der Waals surface area contributed by atoms with Crippen LogP contribution >= 0.6 is 0 Å². The molecule has 1 rings (SSSR count). The molecule has 0 heterocycles. The molecule has 0 aliphatic carbocycles. The van der Waals surface area contributed by atoms with Gasteiger partial charge in [0.2, 0.25) is 0 Å². The van der Waals surface area contributed by atoms with Gasteiger partial charge in [0.05, 0.1) is 0 Å². The average molecular weight is 168 g/mol. The summed E-state index contributed by atoms with van der Waals surface area (Å²) in [5.41, 5.74) is 1.21. The van der Waals surface area contributed by atoms with Crippen molar-refractivity contribution in [3.05, 3.63) is 17.2 Å². The van der Waals surface area contributed by atoms with E-state index in [2.05, 4.69) is 0 Å². The smallest absolute Gasteiger partial charge is 0.161 e. The highest BCUT2D eigenvalue weighted by molar-refractivity contribution is 5.54. The van der Waals surface area contributed by atoms with Gasteiger partial charge in [0.1, 0.15) is 5.75 Å². The summed E-state index contributed by atoms with van der Waals surface area (Å²) in [5, 5.41) is 27.7. The number of aromatic hydroxyl groups is 3. The molecule has 0 fully saturated rings. The van der Waals surface area contributed by atoms with E-state index in [0.717, 1.165) is 6.07 Å². The summed E-state index contributed by atoms with van der Waals surface area (Å²) < 4.78 is 0. The molecule has 1 aromatic rings. The molecule has 0 amide bonds. The van der Waals surface area contributed by atoms with Gasteiger partial charge in [0, 0.05) is 11.6 Å². The molecule has 0 atom stereocenters. The van der Waals surface area contributed by atoms with Crippen LogP contribution in [-0.4, -0.2) is 15.3 Å². The van der Waals surface area contributed by atoms with Gasteiger partial charge < -0.3 is 15.3 Å². The lowest BCUT2D eigenvalue weighted by molar-refractivity contribution is 0.391. The fourth-order valence-electron chi connectivity index (χ4n) is 1.23. The largest absolute Gasteiger partial charge is 0.508 e. The van der Waals surface area contributed by atoms with Gasteiger partial charge in [-0.15, -0.1) is 0 Å². The monoisotopic (exact) mass is 168 g/mol. The number of hydrogen-bond donors (Lipinski definition) is 3. The highest BCUT2D eigenvalue weighted by Crippen LogP contribution is 2.36. The van der Waals surface area contributed by atoms with Gasteiger partial charge in [-0.3, -0.25) is 0 Å². The van der Waals surface area contributed by atoms with Crippen molar-refractivity contribution in [3.8, 4) is 17.2 Å². The summed E-state index contributed by atoms with van der Waals surface area (Å²) in [6.07, 6.45) is 0.583. The Hall–Kier alpha value is -1.38. The van der Waals surface area contributed by atoms with Crippen molar-refractivity contribution in [3.63, 3.8) is 0 Å². The Kier molecular flexibility index (Phi) is 2.13. The predicted octanol–water partition coefficient (Wildman–Crippen LogP) is 1.67. The summed E-state index contributed by atoms with van der Waals surface area (Å²) in [6.45, 7) is 3.55. The topological polar surface area (TPSA) is 60.7 Å². The fourth-order valence-corrected chi connectivity index (χ4v) is 1.23. The highest BCUT2D eigenvalue weighted by Gasteiger charge is 2.11. The van der Waals surface area contributed by atoms with Crippen molar-refractivity contribution in [2.45, 2.75) is 20.3 Å². The molecule has 0 spiro atoms. The quantitative estimate of drug-likeness (QED) is 0.441. The molecule has 0 unspecified atom stereocenters. The first-order valence-corrected chi connectivity index (χ1v) is 3.81. The second-order valence-corrected chi connectivity index (χ2v) is 2.72. The zero-order valence-corrected chi connectivity index (χ0v) is 7.13. The Morgan fingerprint density at radius 3 is 2.25 bits per heavy atom. The van der Waals surface area contributed by atoms with Crippen LogP contribution in [-0.2, 0) is 6.42 Å². The molecule has 1 aromatic carbocycles. The Balaban J connectivity index is 3.42. The molecule has 0 radical (unpaired) electrons. The van der Waals surface area contributed by atoms with Crippen LogP contribution in [0.1, 0.15) is 18.1 Å². The van der Waals surface area contributed by atoms with Crippen LogP contribution in [0.5, 0.6) is 17.2 Å². The minimum absolute atomic E-state index is 0.0159. The molecule has 3 nitrogen and oxygen atoms in total. The second-order valence-electron chi connectivity index (χ2n) is 2.72. The van der Waals surface area contributed by atoms with Crippen LogP contribution in [0, 0.1) is 6.92 Å². The van der Waals surface area contributed by atoms with Gasteiger partial charge >= 0.3 is 0 Å². The van der Waals surface area contributed by atoms with E-state index in [4.69, 9.17) is 5.11 Å². The van der Waals surface area contributed by atoms with Gasteiger partial charge in [-0.25, -0.2) is 0 Å². The van der Waals surface area contributed by atoms with Crippen molar-refractivity contribution in [1.29, 1.82) is 0 Å². The first-order chi connectivity index (χ1) is 5.57. The van der Waals surface area contributed by atoms with Gasteiger partial charge in [-0.1, -0.05) is 6.92 Å². The molecule has 0 bridgehead atoms. The van der Waals surface area contributed by atoms with E-state index >= 15 is 0 Å². The van der Waals surface area contributed by atoms with Crippen molar-refractivity contribution < 1.29 is 15.3 Å². The Morgan fingerprint density at radius 2 is 1.75 bits per heavy atom. The van der Waals surface area contributed by atoms with Gasteiger partial charge in [0.15, 0.2) is 11.5 Å². The van der Waals surface area contributed by atoms with E-state index in [9.17, 15) is 10.2 Å². The number of phenols is 3. The van der Waals surface area contributed by atoms with Gasteiger partial charge in [-0.05, 0) is 18.9 Å². The van der Waals surface area contributed by atoms with Crippen molar-refractivity contribution in [1.82, 2.24) is 0 Å². The molecule has 0 aliphatic heterocycles. The van der Waals surface area contributed by atoms with Crippen molar-refractivity contribution >= 4 is 0 Å². The lowest BCUT2D eigenvalue weighted by Gasteiger charge is -2.09. The molecule has 0 aromatic heterocycles. The first kappa shape index (κ1) is 8.71. The third-order valence-corrected chi connectivity index (χ3v) is 1.99. The van der Waals surface area contributed by atoms with Crippen molar-refractivity contribution in [2.75, 3.05) is 0 Å².